The Labute approximate surface area is 245 Å². The summed E-state index contributed by atoms with van der Waals surface area (Å²) in [7, 11) is 1.30. The molecule has 2 aliphatic heterocycles. The van der Waals surface area contributed by atoms with Gasteiger partial charge in [-0.2, -0.15) is 0 Å². The number of carbonyl (C=O) groups is 4. The van der Waals surface area contributed by atoms with Crippen molar-refractivity contribution in [3.8, 4) is 0 Å². The van der Waals surface area contributed by atoms with E-state index in [2.05, 4.69) is 15.5 Å². The summed E-state index contributed by atoms with van der Waals surface area (Å²) < 4.78 is 8.43. The summed E-state index contributed by atoms with van der Waals surface area (Å²) in [4.78, 5) is 60.7. The van der Waals surface area contributed by atoms with Crippen molar-refractivity contribution in [3.05, 3.63) is 57.7 Å². The molecule has 4 N–H and O–H groups in total. The second-order valence-electron chi connectivity index (χ2n) is 8.81. The number of amides is 2. The lowest BCUT2D eigenvalue weighted by atomic mass is 10.0. The second-order valence-corrected chi connectivity index (χ2v) is 11.5. The van der Waals surface area contributed by atoms with Crippen molar-refractivity contribution in [1.82, 2.24) is 19.6 Å². The number of pyridine rings is 1. The fraction of sp³-hybridized carbons (Fsp3) is 0.292. The van der Waals surface area contributed by atoms with Crippen molar-refractivity contribution in [2.24, 2.45) is 5.16 Å². The van der Waals surface area contributed by atoms with E-state index in [1.54, 1.807) is 46.7 Å². The van der Waals surface area contributed by atoms with Crippen LogP contribution in [0.5, 0.6) is 0 Å². The molecule has 0 aromatic carbocycles. The molecule has 2 aliphatic rings. The van der Waals surface area contributed by atoms with Gasteiger partial charge in [0.15, 0.2) is 16.4 Å². The molecule has 1 fully saturated rings. The Hall–Kier alpha value is -4.15. The Balaban J connectivity index is 1.36. The number of esters is 1. The number of halogens is 1. The second kappa shape index (κ2) is 11.4. The average molecular weight is 621 g/mol. The average Bonchev–Trinajstić information content (AvgIpc) is 3.51. The van der Waals surface area contributed by atoms with Crippen LogP contribution in [0.1, 0.15) is 23.0 Å². The number of aromatic nitrogens is 3. The summed E-state index contributed by atoms with van der Waals surface area (Å²) >= 11 is 8.44. The SMILES string of the molecule is CCO/N=C(\C(=O)N[C@@H]1C(=O)N2C(C(=O)O)=C(C[n+]3cc4cc(C(=O)OC)ccn4c3)CS[C@H]12)c1nc(N)sc1Cl. The molecule has 41 heavy (non-hydrogen) atoms. The number of thiazole rings is 1. The fourth-order valence-electron chi connectivity index (χ4n) is 4.45. The number of nitrogens with one attached hydrogen (secondary N) is 1. The van der Waals surface area contributed by atoms with E-state index < -0.39 is 35.2 Å². The summed E-state index contributed by atoms with van der Waals surface area (Å²) in [5.74, 6) is -2.79. The molecule has 0 bridgehead atoms. The maximum atomic E-state index is 13.2. The lowest BCUT2D eigenvalue weighted by Gasteiger charge is -2.49. The number of hydrogen-bond acceptors (Lipinski definition) is 11. The van der Waals surface area contributed by atoms with E-state index in [1.165, 1.54) is 23.8 Å². The zero-order valence-electron chi connectivity index (χ0n) is 21.6. The number of anilines is 1. The normalized spacial score (nSPS) is 18.7. The highest BCUT2D eigenvalue weighted by atomic mass is 35.5. The number of β-lactam (4-membered cyclic amide) rings is 1. The van der Waals surface area contributed by atoms with Gasteiger partial charge in [0.2, 0.25) is 6.33 Å². The first-order chi connectivity index (χ1) is 19.6. The molecule has 0 aliphatic carbocycles. The number of hydrogen-bond donors (Lipinski definition) is 3. The standard InChI is InChI=1S/C24H22ClN7O7S2/c1-3-39-29-15(14-18(25)41-24(26)28-14)19(33)27-16-20(34)32-17(22(35)36)12(9-40-21(16)32)7-30-8-13-6-11(23(37)38-2)4-5-31(13)10-30/h4-6,8,10,16,21H,3,7,9H2,1-2H3,(H3-,26,27,28,33,35,36)/p+1/b29-15-/t16-,21-/m1/s1. The summed E-state index contributed by atoms with van der Waals surface area (Å²) in [6, 6.07) is 2.26. The number of rotatable bonds is 9. The number of carbonyl (C=O) groups excluding carboxylic acids is 3. The van der Waals surface area contributed by atoms with E-state index >= 15 is 0 Å². The van der Waals surface area contributed by atoms with Crippen LogP contribution in [0.3, 0.4) is 0 Å². The number of aliphatic carboxylic acids is 1. The Morgan fingerprint density at radius 3 is 2.83 bits per heavy atom. The molecule has 214 valence electrons. The van der Waals surface area contributed by atoms with Gasteiger partial charge in [-0.3, -0.25) is 14.5 Å². The number of nitrogen functional groups attached to an aromatic ring is 1. The van der Waals surface area contributed by atoms with Gasteiger partial charge in [0, 0.05) is 17.4 Å². The first kappa shape index (κ1) is 28.4. The van der Waals surface area contributed by atoms with Gasteiger partial charge >= 0.3 is 11.9 Å². The maximum Gasteiger partial charge on any atom is 0.352 e. The Morgan fingerprint density at radius 1 is 1.39 bits per heavy atom. The highest BCUT2D eigenvalue weighted by Gasteiger charge is 2.54. The third kappa shape index (κ3) is 5.32. The number of imidazole rings is 1. The van der Waals surface area contributed by atoms with Gasteiger partial charge in [0.1, 0.15) is 46.5 Å². The fourth-order valence-corrected chi connectivity index (χ4v) is 6.72. The van der Waals surface area contributed by atoms with Gasteiger partial charge in [-0.15, -0.1) is 11.8 Å². The molecular formula is C24H23ClN7O7S2+. The van der Waals surface area contributed by atoms with E-state index in [0.29, 0.717) is 22.4 Å². The third-order valence-corrected chi connectivity index (χ3v) is 8.67. The van der Waals surface area contributed by atoms with Gasteiger partial charge in [-0.25, -0.2) is 23.5 Å². The number of oxime groups is 1. The molecule has 3 aromatic heterocycles. The van der Waals surface area contributed by atoms with Crippen LogP contribution in [0.15, 0.2) is 47.3 Å². The molecule has 3 aromatic rings. The largest absolute Gasteiger partial charge is 0.477 e. The van der Waals surface area contributed by atoms with Crippen LogP contribution in [-0.4, -0.2) is 79.7 Å². The molecular weight excluding hydrogens is 598 g/mol. The van der Waals surface area contributed by atoms with Gasteiger partial charge in [-0.1, -0.05) is 28.1 Å². The van der Waals surface area contributed by atoms with E-state index in [4.69, 9.17) is 26.9 Å². The Kier molecular flexibility index (Phi) is 7.88. The Bertz CT molecular complexity index is 1650. The molecule has 5 heterocycles. The van der Waals surface area contributed by atoms with Crippen LogP contribution in [-0.2, 0) is 30.5 Å². The summed E-state index contributed by atoms with van der Waals surface area (Å²) in [5, 5.41) is 15.9. The molecule has 5 rings (SSSR count). The van der Waals surface area contributed by atoms with Crippen LogP contribution in [0.25, 0.3) is 5.52 Å². The summed E-state index contributed by atoms with van der Waals surface area (Å²) in [5.41, 5.74) is 6.91. The van der Waals surface area contributed by atoms with E-state index in [-0.39, 0.29) is 39.7 Å². The van der Waals surface area contributed by atoms with Crippen molar-refractivity contribution in [1.29, 1.82) is 0 Å². The van der Waals surface area contributed by atoms with Crippen molar-refractivity contribution in [2.45, 2.75) is 24.9 Å². The van der Waals surface area contributed by atoms with Gasteiger partial charge in [0.05, 0.1) is 18.9 Å². The number of methoxy groups -OCH3 is 1. The van der Waals surface area contributed by atoms with Crippen molar-refractivity contribution in [3.63, 3.8) is 0 Å². The zero-order chi connectivity index (χ0) is 29.4. The number of ether oxygens (including phenoxy) is 1. The smallest absolute Gasteiger partial charge is 0.352 e. The predicted octanol–water partition coefficient (Wildman–Crippen LogP) is 0.885. The van der Waals surface area contributed by atoms with Gasteiger partial charge < -0.3 is 25.7 Å². The molecule has 1 saturated heterocycles. The molecule has 0 unspecified atom stereocenters. The molecule has 17 heteroatoms. The van der Waals surface area contributed by atoms with Crippen molar-refractivity contribution >= 4 is 74.8 Å². The number of fused-ring (bicyclic) bond motifs is 2. The molecule has 0 radical (unpaired) electrons. The summed E-state index contributed by atoms with van der Waals surface area (Å²) in [6.45, 7) is 2.03. The van der Waals surface area contributed by atoms with Gasteiger partial charge in [-0.05, 0) is 13.0 Å². The van der Waals surface area contributed by atoms with E-state index in [9.17, 15) is 24.3 Å². The lowest BCUT2D eigenvalue weighted by molar-refractivity contribution is -0.687. The van der Waals surface area contributed by atoms with Crippen molar-refractivity contribution < 1.29 is 38.4 Å². The first-order valence-electron chi connectivity index (χ1n) is 12.0. The number of thioether (sulfide) groups is 1. The van der Waals surface area contributed by atoms with Crippen LogP contribution in [0.4, 0.5) is 5.13 Å². The molecule has 14 nitrogen and oxygen atoms in total. The maximum absolute atomic E-state index is 13.2. The van der Waals surface area contributed by atoms with E-state index in [1.807, 2.05) is 0 Å². The molecule has 2 atom stereocenters. The van der Waals surface area contributed by atoms with Crippen LogP contribution in [0, 0.1) is 0 Å². The Morgan fingerprint density at radius 2 is 2.17 bits per heavy atom. The highest BCUT2D eigenvalue weighted by Crippen LogP contribution is 2.40. The third-order valence-electron chi connectivity index (χ3n) is 6.24. The molecule has 0 saturated carbocycles. The van der Waals surface area contributed by atoms with Crippen LogP contribution >= 0.6 is 34.7 Å². The minimum absolute atomic E-state index is 0.0177. The molecule has 2 amide bonds. The molecule has 0 spiro atoms. The topological polar surface area (TPSA) is 182 Å². The lowest BCUT2D eigenvalue weighted by Crippen LogP contribution is -2.71. The quantitative estimate of drug-likeness (QED) is 0.102. The minimum atomic E-state index is -1.26. The first-order valence-corrected chi connectivity index (χ1v) is 14.3. The monoisotopic (exact) mass is 620 g/mol. The van der Waals surface area contributed by atoms with E-state index in [0.717, 1.165) is 11.3 Å². The number of carboxylic acid groups (broad SMARTS) is 1. The van der Waals surface area contributed by atoms with Crippen LogP contribution < -0.4 is 15.6 Å². The van der Waals surface area contributed by atoms with Crippen molar-refractivity contribution in [2.75, 3.05) is 25.2 Å². The number of nitrogens with zero attached hydrogens (tertiary/aromatic N) is 5. The number of nitrogens with two attached hydrogens (primary N) is 1. The predicted molar refractivity (Wildman–Crippen MR) is 148 cm³/mol. The highest BCUT2D eigenvalue weighted by molar-refractivity contribution is 8.00. The minimum Gasteiger partial charge on any atom is -0.477 e. The summed E-state index contributed by atoms with van der Waals surface area (Å²) in [6.07, 6.45) is 5.20. The number of carboxylic acids is 1. The van der Waals surface area contributed by atoms with Gasteiger partial charge in [0.25, 0.3) is 11.8 Å². The van der Waals surface area contributed by atoms with Crippen LogP contribution in [0.2, 0.25) is 4.34 Å². The zero-order valence-corrected chi connectivity index (χ0v) is 24.0.